The quantitative estimate of drug-likeness (QED) is 0.709. The maximum atomic E-state index is 13.4. The lowest BCUT2D eigenvalue weighted by Gasteiger charge is -2.21. The first-order chi connectivity index (χ1) is 11.1. The van der Waals surface area contributed by atoms with Crippen molar-refractivity contribution >= 4 is 0 Å². The van der Waals surface area contributed by atoms with Crippen LogP contribution in [-0.2, 0) is 9.47 Å². The summed E-state index contributed by atoms with van der Waals surface area (Å²) in [6, 6.07) is 6.33. The van der Waals surface area contributed by atoms with Gasteiger partial charge in [0.1, 0.15) is 6.61 Å². The molecule has 2 rings (SSSR count). The number of aliphatic hydroxyl groups excluding tert-OH is 1. The summed E-state index contributed by atoms with van der Waals surface area (Å²) in [6.07, 6.45) is 1.73. The van der Waals surface area contributed by atoms with Gasteiger partial charge in [-0.25, -0.2) is 4.39 Å². The zero-order chi connectivity index (χ0) is 16.5. The Morgan fingerprint density at radius 2 is 2.26 bits per heavy atom. The minimum Gasteiger partial charge on any atom is -0.489 e. The van der Waals surface area contributed by atoms with E-state index in [0.717, 1.165) is 19.4 Å². The molecule has 1 aromatic rings. The van der Waals surface area contributed by atoms with Crippen molar-refractivity contribution in [3.8, 4) is 5.75 Å². The van der Waals surface area contributed by atoms with Crippen molar-refractivity contribution in [2.75, 3.05) is 46.6 Å². The predicted octanol–water partition coefficient (Wildman–Crippen LogP) is 1.69. The highest BCUT2D eigenvalue weighted by Gasteiger charge is 2.16. The molecular formula is C17H26FNO4. The van der Waals surface area contributed by atoms with Gasteiger partial charge in [0.2, 0.25) is 0 Å². The number of halogens is 1. The number of ether oxygens (including phenoxy) is 3. The molecule has 0 amide bonds. The van der Waals surface area contributed by atoms with Crippen molar-refractivity contribution in [2.45, 2.75) is 25.0 Å². The molecule has 1 N–H and O–H groups in total. The van der Waals surface area contributed by atoms with Crippen LogP contribution in [0.3, 0.4) is 0 Å². The number of hydrogen-bond acceptors (Lipinski definition) is 5. The van der Waals surface area contributed by atoms with Gasteiger partial charge in [-0.1, -0.05) is 12.1 Å². The van der Waals surface area contributed by atoms with Crippen LogP contribution in [0.5, 0.6) is 5.75 Å². The first kappa shape index (κ1) is 18.1. The van der Waals surface area contributed by atoms with E-state index in [9.17, 15) is 9.50 Å². The van der Waals surface area contributed by atoms with Crippen molar-refractivity contribution in [3.05, 3.63) is 30.1 Å². The number of likely N-dealkylation sites (N-methyl/N-ethyl adjacent to an activating group) is 1. The first-order valence-electron chi connectivity index (χ1n) is 8.08. The van der Waals surface area contributed by atoms with Crippen molar-refractivity contribution in [1.29, 1.82) is 0 Å². The second kappa shape index (κ2) is 9.82. The lowest BCUT2D eigenvalue weighted by molar-refractivity contribution is -0.0239. The van der Waals surface area contributed by atoms with Gasteiger partial charge < -0.3 is 24.2 Å². The predicted molar refractivity (Wildman–Crippen MR) is 85.2 cm³/mol. The van der Waals surface area contributed by atoms with E-state index in [1.807, 2.05) is 11.9 Å². The van der Waals surface area contributed by atoms with E-state index < -0.39 is 6.10 Å². The minimum atomic E-state index is -0.560. The second-order valence-electron chi connectivity index (χ2n) is 5.87. The third-order valence-corrected chi connectivity index (χ3v) is 3.73. The summed E-state index contributed by atoms with van der Waals surface area (Å²) >= 11 is 0. The Morgan fingerprint density at radius 1 is 1.43 bits per heavy atom. The Morgan fingerprint density at radius 3 is 3.00 bits per heavy atom. The van der Waals surface area contributed by atoms with E-state index in [0.29, 0.717) is 32.9 Å². The van der Waals surface area contributed by atoms with Crippen molar-refractivity contribution < 1.29 is 23.7 Å². The molecule has 1 aromatic carbocycles. The molecule has 1 heterocycles. The van der Waals surface area contributed by atoms with Gasteiger partial charge in [0.05, 0.1) is 25.4 Å². The first-order valence-corrected chi connectivity index (χ1v) is 8.08. The summed E-state index contributed by atoms with van der Waals surface area (Å²) in [4.78, 5) is 1.93. The van der Waals surface area contributed by atoms with Gasteiger partial charge in [-0.15, -0.1) is 0 Å². The lowest BCUT2D eigenvalue weighted by Crippen LogP contribution is -2.35. The molecule has 0 spiro atoms. The molecule has 0 aliphatic carbocycles. The summed E-state index contributed by atoms with van der Waals surface area (Å²) in [5, 5.41) is 9.95. The van der Waals surface area contributed by atoms with E-state index in [4.69, 9.17) is 14.2 Å². The zero-order valence-corrected chi connectivity index (χ0v) is 13.6. The van der Waals surface area contributed by atoms with Crippen LogP contribution >= 0.6 is 0 Å². The fourth-order valence-electron chi connectivity index (χ4n) is 2.49. The average molecular weight is 327 g/mol. The molecule has 1 saturated heterocycles. The Labute approximate surface area is 137 Å². The van der Waals surface area contributed by atoms with Gasteiger partial charge in [0, 0.05) is 19.7 Å². The Balaban J connectivity index is 1.54. The number of benzene rings is 1. The summed E-state index contributed by atoms with van der Waals surface area (Å²) in [6.45, 7) is 3.07. The molecule has 1 aliphatic heterocycles. The Bertz CT molecular complexity index is 454. The van der Waals surface area contributed by atoms with Gasteiger partial charge in [-0.05, 0) is 32.0 Å². The fourth-order valence-corrected chi connectivity index (χ4v) is 2.49. The van der Waals surface area contributed by atoms with E-state index in [-0.39, 0.29) is 17.7 Å². The Kier molecular flexibility index (Phi) is 7.74. The van der Waals surface area contributed by atoms with Crippen LogP contribution in [0.1, 0.15) is 12.8 Å². The summed E-state index contributed by atoms with van der Waals surface area (Å²) in [5.41, 5.74) is 0. The van der Waals surface area contributed by atoms with E-state index in [1.54, 1.807) is 18.2 Å². The lowest BCUT2D eigenvalue weighted by atomic mass is 10.2. The molecule has 0 saturated carbocycles. The number of rotatable bonds is 10. The highest BCUT2D eigenvalue weighted by atomic mass is 19.1. The molecular weight excluding hydrogens is 301 g/mol. The smallest absolute Gasteiger partial charge is 0.165 e. The van der Waals surface area contributed by atoms with Crippen LogP contribution in [0.25, 0.3) is 0 Å². The summed E-state index contributed by atoms with van der Waals surface area (Å²) in [5.74, 6) is -0.112. The normalized spacial score (nSPS) is 19.2. The molecule has 1 aliphatic rings. The Hall–Kier alpha value is -1.21. The SMILES string of the molecule is CN(CCOc1ccccc1F)CC(O)COCC1CCCO1. The highest BCUT2D eigenvalue weighted by Crippen LogP contribution is 2.15. The number of aliphatic hydroxyl groups is 1. The molecule has 1 fully saturated rings. The van der Waals surface area contributed by atoms with E-state index >= 15 is 0 Å². The monoisotopic (exact) mass is 327 g/mol. The van der Waals surface area contributed by atoms with Crippen molar-refractivity contribution in [1.82, 2.24) is 4.90 Å². The largest absolute Gasteiger partial charge is 0.489 e. The van der Waals surface area contributed by atoms with Crippen LogP contribution < -0.4 is 4.74 Å². The van der Waals surface area contributed by atoms with Crippen LogP contribution in [0.4, 0.5) is 4.39 Å². The highest BCUT2D eigenvalue weighted by molar-refractivity contribution is 5.23. The molecule has 0 aromatic heterocycles. The molecule has 2 unspecified atom stereocenters. The zero-order valence-electron chi connectivity index (χ0n) is 13.6. The molecule has 23 heavy (non-hydrogen) atoms. The number of nitrogens with zero attached hydrogens (tertiary/aromatic N) is 1. The van der Waals surface area contributed by atoms with E-state index in [2.05, 4.69) is 0 Å². The summed E-state index contributed by atoms with van der Waals surface area (Å²) < 4.78 is 29.7. The van der Waals surface area contributed by atoms with Gasteiger partial charge in [-0.2, -0.15) is 0 Å². The molecule has 130 valence electrons. The standard InChI is InChI=1S/C17H26FNO4/c1-19(8-10-23-17-7-3-2-6-16(17)18)11-14(20)12-21-13-15-5-4-9-22-15/h2-3,6-7,14-15,20H,4-5,8-13H2,1H3. The maximum absolute atomic E-state index is 13.4. The van der Waals surface area contributed by atoms with E-state index in [1.165, 1.54) is 6.07 Å². The van der Waals surface area contributed by atoms with Gasteiger partial charge in [0.25, 0.3) is 0 Å². The third kappa shape index (κ3) is 6.83. The molecule has 6 heteroatoms. The summed E-state index contributed by atoms with van der Waals surface area (Å²) in [7, 11) is 1.88. The van der Waals surface area contributed by atoms with Crippen molar-refractivity contribution in [3.63, 3.8) is 0 Å². The molecule has 2 atom stereocenters. The minimum absolute atomic E-state index is 0.175. The van der Waals surface area contributed by atoms with Crippen LogP contribution in [0.15, 0.2) is 24.3 Å². The van der Waals surface area contributed by atoms with Crippen LogP contribution in [0.2, 0.25) is 0 Å². The number of hydrogen-bond donors (Lipinski definition) is 1. The van der Waals surface area contributed by atoms with Gasteiger partial charge >= 0.3 is 0 Å². The molecule has 0 radical (unpaired) electrons. The third-order valence-electron chi connectivity index (χ3n) is 3.73. The topological polar surface area (TPSA) is 51.2 Å². The van der Waals surface area contributed by atoms with Crippen LogP contribution in [0, 0.1) is 5.82 Å². The second-order valence-corrected chi connectivity index (χ2v) is 5.87. The molecule has 0 bridgehead atoms. The molecule has 5 nitrogen and oxygen atoms in total. The van der Waals surface area contributed by atoms with Crippen molar-refractivity contribution in [2.24, 2.45) is 0 Å². The van der Waals surface area contributed by atoms with Gasteiger partial charge in [0.15, 0.2) is 11.6 Å². The fraction of sp³-hybridized carbons (Fsp3) is 0.647. The number of para-hydroxylation sites is 1. The van der Waals surface area contributed by atoms with Gasteiger partial charge in [-0.3, -0.25) is 0 Å². The van der Waals surface area contributed by atoms with Crippen LogP contribution in [-0.4, -0.2) is 68.8 Å². The average Bonchev–Trinajstić information content (AvgIpc) is 3.02. The maximum Gasteiger partial charge on any atom is 0.165 e.